The number of primary amides is 1. The van der Waals surface area contributed by atoms with E-state index in [0.29, 0.717) is 0 Å². The molecular formula is C26H30N2O3. The van der Waals surface area contributed by atoms with E-state index >= 15 is 0 Å². The Balaban J connectivity index is 1.69. The van der Waals surface area contributed by atoms with Gasteiger partial charge in [-0.3, -0.25) is 4.79 Å². The molecule has 2 fully saturated rings. The number of aromatic nitrogens is 1. The molecule has 162 valence electrons. The van der Waals surface area contributed by atoms with Crippen LogP contribution >= 0.6 is 0 Å². The quantitative estimate of drug-likeness (QED) is 0.732. The summed E-state index contributed by atoms with van der Waals surface area (Å²) >= 11 is 0. The maximum absolute atomic E-state index is 11.8. The molecule has 2 aliphatic rings. The predicted octanol–water partition coefficient (Wildman–Crippen LogP) is 4.38. The van der Waals surface area contributed by atoms with Crippen LogP contribution in [-0.2, 0) is 10.2 Å². The number of nitrogens with two attached hydrogens (primary N) is 1. The predicted molar refractivity (Wildman–Crippen MR) is 120 cm³/mol. The van der Waals surface area contributed by atoms with Crippen molar-refractivity contribution >= 4 is 5.91 Å². The molecule has 0 atom stereocenters. The van der Waals surface area contributed by atoms with E-state index in [4.69, 9.17) is 15.2 Å². The molecule has 2 saturated carbocycles. The van der Waals surface area contributed by atoms with Gasteiger partial charge in [0.1, 0.15) is 5.69 Å². The maximum atomic E-state index is 11.8. The molecule has 0 aliphatic heterocycles. The zero-order chi connectivity index (χ0) is 21.7. The van der Waals surface area contributed by atoms with Crippen LogP contribution in [0.5, 0.6) is 11.5 Å². The molecule has 4 rings (SSSR count). The first kappa shape index (κ1) is 21.2. The third kappa shape index (κ3) is 4.85. The van der Waals surface area contributed by atoms with Crippen LogP contribution in [0.2, 0.25) is 0 Å². The average Bonchev–Trinajstić information content (AvgIpc) is 3.32. The number of carbonyl (C=O) groups is 1. The second-order valence-electron chi connectivity index (χ2n) is 8.61. The summed E-state index contributed by atoms with van der Waals surface area (Å²) in [6.45, 7) is 0. The van der Waals surface area contributed by atoms with Crippen LogP contribution < -0.4 is 15.2 Å². The molecule has 2 N–H and O–H groups in total. The summed E-state index contributed by atoms with van der Waals surface area (Å²) in [5, 5.41) is 0. The second-order valence-corrected chi connectivity index (χ2v) is 8.61. The Morgan fingerprint density at radius 2 is 1.87 bits per heavy atom. The molecule has 0 unspecified atom stereocenters. The van der Waals surface area contributed by atoms with Gasteiger partial charge in [-0.1, -0.05) is 18.1 Å². The van der Waals surface area contributed by atoms with Crippen molar-refractivity contribution in [1.29, 1.82) is 0 Å². The van der Waals surface area contributed by atoms with Crippen LogP contribution in [0.4, 0.5) is 0 Å². The molecule has 0 radical (unpaired) electrons. The number of nitrogens with zero attached hydrogens (tertiary/aromatic N) is 1. The van der Waals surface area contributed by atoms with Gasteiger partial charge in [0.05, 0.1) is 18.6 Å². The number of pyridine rings is 1. The van der Waals surface area contributed by atoms with Crippen molar-refractivity contribution in [2.75, 3.05) is 7.11 Å². The van der Waals surface area contributed by atoms with E-state index in [1.165, 1.54) is 12.8 Å². The molecule has 1 aromatic carbocycles. The Hall–Kier alpha value is -3.00. The van der Waals surface area contributed by atoms with Gasteiger partial charge >= 0.3 is 0 Å². The number of rotatable bonds is 5. The third-order valence-electron chi connectivity index (χ3n) is 6.65. The fraction of sp³-hybridized carbons (Fsp3) is 0.462. The normalized spacial score (nSPS) is 23.6. The molecule has 31 heavy (non-hydrogen) atoms. The van der Waals surface area contributed by atoms with E-state index in [-0.39, 0.29) is 23.3 Å². The zero-order valence-corrected chi connectivity index (χ0v) is 18.1. The average molecular weight is 419 g/mol. The van der Waals surface area contributed by atoms with E-state index in [1.807, 2.05) is 24.3 Å². The van der Waals surface area contributed by atoms with Crippen molar-refractivity contribution in [3.63, 3.8) is 0 Å². The fourth-order valence-electron chi connectivity index (χ4n) is 4.75. The molecule has 0 saturated heterocycles. The molecule has 1 amide bonds. The van der Waals surface area contributed by atoms with Crippen LogP contribution in [0.3, 0.4) is 0 Å². The van der Waals surface area contributed by atoms with Gasteiger partial charge < -0.3 is 15.2 Å². The molecule has 1 aromatic heterocycles. The minimum atomic E-state index is -0.371. The van der Waals surface area contributed by atoms with Crippen LogP contribution in [0.1, 0.15) is 62.6 Å². The monoisotopic (exact) mass is 418 g/mol. The molecule has 0 spiro atoms. The first-order chi connectivity index (χ1) is 15.1. The van der Waals surface area contributed by atoms with E-state index in [1.54, 1.807) is 13.3 Å². The zero-order valence-electron chi connectivity index (χ0n) is 18.1. The SMILES string of the molecule is COc1ccc(C2(C#Cc3ccccn3)CCC(C(N)=O)CC2)cc1OC1CCCC1. The lowest BCUT2D eigenvalue weighted by molar-refractivity contribution is -0.122. The smallest absolute Gasteiger partial charge is 0.220 e. The molecule has 5 nitrogen and oxygen atoms in total. The number of hydrogen-bond acceptors (Lipinski definition) is 4. The summed E-state index contributed by atoms with van der Waals surface area (Å²) in [6, 6.07) is 11.9. The van der Waals surface area contributed by atoms with Crippen molar-refractivity contribution < 1.29 is 14.3 Å². The number of carbonyl (C=O) groups excluding carboxylic acids is 1. The van der Waals surface area contributed by atoms with Crippen molar-refractivity contribution in [3.05, 3.63) is 53.9 Å². The van der Waals surface area contributed by atoms with Gasteiger partial charge in [0, 0.05) is 12.1 Å². The summed E-state index contributed by atoms with van der Waals surface area (Å²) in [4.78, 5) is 16.1. The van der Waals surface area contributed by atoms with Crippen molar-refractivity contribution in [2.45, 2.75) is 62.9 Å². The van der Waals surface area contributed by atoms with Gasteiger partial charge in [0.25, 0.3) is 0 Å². The summed E-state index contributed by atoms with van der Waals surface area (Å²) in [5.74, 6) is 8.02. The van der Waals surface area contributed by atoms with E-state index in [0.717, 1.165) is 61.3 Å². The summed E-state index contributed by atoms with van der Waals surface area (Å²) in [6.07, 6.45) is 9.59. The van der Waals surface area contributed by atoms with E-state index in [9.17, 15) is 4.79 Å². The molecule has 0 bridgehead atoms. The molecule has 1 heterocycles. The molecule has 2 aliphatic carbocycles. The van der Waals surface area contributed by atoms with Crippen LogP contribution in [0, 0.1) is 17.8 Å². The van der Waals surface area contributed by atoms with Crippen LogP contribution in [0.15, 0.2) is 42.6 Å². The van der Waals surface area contributed by atoms with E-state index < -0.39 is 0 Å². The van der Waals surface area contributed by atoms with Gasteiger partial charge in [-0.15, -0.1) is 0 Å². The fourth-order valence-corrected chi connectivity index (χ4v) is 4.75. The number of amides is 1. The van der Waals surface area contributed by atoms with Gasteiger partial charge in [0.15, 0.2) is 11.5 Å². The summed E-state index contributed by atoms with van der Waals surface area (Å²) in [5.41, 5.74) is 7.07. The Bertz CT molecular complexity index is 963. The molecule has 2 aromatic rings. The Morgan fingerprint density at radius 3 is 2.52 bits per heavy atom. The lowest BCUT2D eigenvalue weighted by atomic mass is 9.67. The summed E-state index contributed by atoms with van der Waals surface area (Å²) < 4.78 is 11.9. The largest absolute Gasteiger partial charge is 0.493 e. The lowest BCUT2D eigenvalue weighted by Gasteiger charge is -2.36. The maximum Gasteiger partial charge on any atom is 0.220 e. The highest BCUT2D eigenvalue weighted by molar-refractivity contribution is 5.76. The first-order valence-corrected chi connectivity index (χ1v) is 11.2. The van der Waals surface area contributed by atoms with Gasteiger partial charge in [-0.05, 0) is 87.1 Å². The standard InChI is InChI=1S/C26H30N2O3/c1-30-23-10-9-20(18-24(23)31-22-7-2-3-8-22)26(14-11-19(12-15-26)25(27)29)16-13-21-6-4-5-17-28-21/h4-6,9-10,17-19,22H,2-3,7-8,11-12,14-15H2,1H3,(H2,27,29). The molecule has 5 heteroatoms. The van der Waals surface area contributed by atoms with Crippen LogP contribution in [-0.4, -0.2) is 24.1 Å². The Labute approximate surface area is 184 Å². The second kappa shape index (κ2) is 9.43. The number of hydrogen-bond donors (Lipinski definition) is 1. The topological polar surface area (TPSA) is 74.4 Å². The minimum absolute atomic E-state index is 0.0859. The lowest BCUT2D eigenvalue weighted by Crippen LogP contribution is -2.35. The van der Waals surface area contributed by atoms with Crippen molar-refractivity contribution in [3.8, 4) is 23.3 Å². The number of benzene rings is 1. The van der Waals surface area contributed by atoms with Crippen molar-refractivity contribution in [2.24, 2.45) is 11.7 Å². The highest BCUT2D eigenvalue weighted by atomic mass is 16.5. The first-order valence-electron chi connectivity index (χ1n) is 11.2. The third-order valence-corrected chi connectivity index (χ3v) is 6.65. The van der Waals surface area contributed by atoms with Gasteiger partial charge in [-0.25, -0.2) is 4.98 Å². The van der Waals surface area contributed by atoms with Gasteiger partial charge in [-0.2, -0.15) is 0 Å². The highest BCUT2D eigenvalue weighted by Gasteiger charge is 2.38. The van der Waals surface area contributed by atoms with E-state index in [2.05, 4.69) is 29.0 Å². The van der Waals surface area contributed by atoms with Crippen LogP contribution in [0.25, 0.3) is 0 Å². The highest BCUT2D eigenvalue weighted by Crippen LogP contribution is 2.44. The number of methoxy groups -OCH3 is 1. The summed E-state index contributed by atoms with van der Waals surface area (Å²) in [7, 11) is 1.67. The van der Waals surface area contributed by atoms with Crippen molar-refractivity contribution in [1.82, 2.24) is 4.98 Å². The minimum Gasteiger partial charge on any atom is -0.493 e. The Kier molecular flexibility index (Phi) is 6.46. The number of ether oxygens (including phenoxy) is 2. The molecular weight excluding hydrogens is 388 g/mol. The van der Waals surface area contributed by atoms with Gasteiger partial charge in [0.2, 0.25) is 5.91 Å². The Morgan fingerprint density at radius 1 is 1.10 bits per heavy atom.